The minimum absolute atomic E-state index is 0.165. The molecule has 3 amide bonds. The van der Waals surface area contributed by atoms with E-state index >= 15 is 0 Å². The maximum atomic E-state index is 12.7. The number of ether oxygens (including phenoxy) is 1. The average molecular weight is 546 g/mol. The van der Waals surface area contributed by atoms with Gasteiger partial charge in [-0.15, -0.1) is 0 Å². The van der Waals surface area contributed by atoms with Crippen molar-refractivity contribution in [2.24, 2.45) is 0 Å². The number of rotatable bonds is 5. The van der Waals surface area contributed by atoms with E-state index in [1.54, 1.807) is 11.0 Å². The van der Waals surface area contributed by atoms with Crippen LogP contribution in [-0.4, -0.2) is 53.1 Å². The van der Waals surface area contributed by atoms with Gasteiger partial charge in [0.15, 0.2) is 0 Å². The first-order chi connectivity index (χ1) is 13.9. The molecule has 2 saturated heterocycles. The van der Waals surface area contributed by atoms with Crippen molar-refractivity contribution in [1.29, 1.82) is 0 Å². The molecule has 2 aliphatic heterocycles. The van der Waals surface area contributed by atoms with Crippen molar-refractivity contribution in [1.82, 2.24) is 9.80 Å². The zero-order valence-electron chi connectivity index (χ0n) is 16.1. The second-order valence-corrected chi connectivity index (χ2v) is 9.51. The van der Waals surface area contributed by atoms with E-state index in [4.69, 9.17) is 4.74 Å². The third kappa shape index (κ3) is 5.44. The molecule has 0 spiro atoms. The molecular weight excluding hydrogens is 524 g/mol. The van der Waals surface area contributed by atoms with Gasteiger partial charge in [-0.25, -0.2) is 0 Å². The van der Waals surface area contributed by atoms with Crippen molar-refractivity contribution in [3.05, 3.63) is 31.5 Å². The monoisotopic (exact) mass is 544 g/mol. The molecule has 0 saturated carbocycles. The normalized spacial score (nSPS) is 19.1. The average Bonchev–Trinajstić information content (AvgIpc) is 2.88. The van der Waals surface area contributed by atoms with Crippen LogP contribution >= 0.6 is 43.6 Å². The molecule has 0 unspecified atom stereocenters. The standard InChI is InChI=1S/C20H22Br2N2O4S/c1-2-28-18-14(21)9-13(10-15(18)22)11-16-19(26)24(20(27)29-16)12-17(25)23-7-5-3-4-6-8-23/h9-11H,2-8,12H2,1H3. The van der Waals surface area contributed by atoms with Crippen molar-refractivity contribution < 1.29 is 19.1 Å². The molecule has 0 aromatic heterocycles. The zero-order chi connectivity index (χ0) is 21.0. The minimum Gasteiger partial charge on any atom is -0.492 e. The summed E-state index contributed by atoms with van der Waals surface area (Å²) in [5.41, 5.74) is 0.747. The van der Waals surface area contributed by atoms with Crippen LogP contribution < -0.4 is 4.74 Å². The maximum Gasteiger partial charge on any atom is 0.294 e. The van der Waals surface area contributed by atoms with Crippen molar-refractivity contribution >= 4 is 66.8 Å². The first kappa shape index (κ1) is 22.4. The molecule has 2 aliphatic rings. The number of imide groups is 1. The molecular formula is C20H22Br2N2O4S. The van der Waals surface area contributed by atoms with Gasteiger partial charge in [-0.05, 0) is 87.2 Å². The van der Waals surface area contributed by atoms with Gasteiger partial charge in [-0.2, -0.15) is 0 Å². The summed E-state index contributed by atoms with van der Waals surface area (Å²) in [4.78, 5) is 40.8. The molecule has 0 N–H and O–H groups in total. The lowest BCUT2D eigenvalue weighted by molar-refractivity contribution is -0.135. The Morgan fingerprint density at radius 2 is 1.76 bits per heavy atom. The lowest BCUT2D eigenvalue weighted by atomic mass is 10.2. The SMILES string of the molecule is CCOc1c(Br)cc(C=C2SC(=O)N(CC(=O)N3CCCCCC3)C2=O)cc1Br. The van der Waals surface area contributed by atoms with Crippen LogP contribution in [0.2, 0.25) is 0 Å². The molecule has 0 radical (unpaired) electrons. The van der Waals surface area contributed by atoms with Gasteiger partial charge in [-0.3, -0.25) is 19.3 Å². The van der Waals surface area contributed by atoms with Crippen molar-refractivity contribution in [2.75, 3.05) is 26.2 Å². The highest BCUT2D eigenvalue weighted by Crippen LogP contribution is 2.37. The number of benzene rings is 1. The van der Waals surface area contributed by atoms with Crippen LogP contribution in [0.5, 0.6) is 5.75 Å². The van der Waals surface area contributed by atoms with Crippen molar-refractivity contribution in [3.8, 4) is 5.75 Å². The van der Waals surface area contributed by atoms with Gasteiger partial charge in [0, 0.05) is 13.1 Å². The largest absolute Gasteiger partial charge is 0.492 e. The number of carbonyl (C=O) groups is 3. The molecule has 1 aromatic rings. The smallest absolute Gasteiger partial charge is 0.294 e. The Bertz CT molecular complexity index is 828. The van der Waals surface area contributed by atoms with Crippen LogP contribution in [-0.2, 0) is 9.59 Å². The van der Waals surface area contributed by atoms with E-state index in [1.165, 1.54) is 0 Å². The van der Waals surface area contributed by atoms with Crippen LogP contribution in [0.25, 0.3) is 6.08 Å². The molecule has 0 aliphatic carbocycles. The van der Waals surface area contributed by atoms with Crippen LogP contribution in [0.4, 0.5) is 4.79 Å². The van der Waals surface area contributed by atoms with E-state index in [0.717, 1.165) is 56.9 Å². The van der Waals surface area contributed by atoms with Gasteiger partial charge < -0.3 is 9.64 Å². The Kier molecular flexibility index (Phi) is 7.81. The second kappa shape index (κ2) is 10.1. The molecule has 0 bridgehead atoms. The number of nitrogens with zero attached hydrogens (tertiary/aromatic N) is 2. The Hall–Kier alpha value is -1.32. The molecule has 6 nitrogen and oxygen atoms in total. The summed E-state index contributed by atoms with van der Waals surface area (Å²) >= 11 is 7.80. The van der Waals surface area contributed by atoms with Gasteiger partial charge >= 0.3 is 0 Å². The van der Waals surface area contributed by atoms with E-state index in [-0.39, 0.29) is 12.5 Å². The fourth-order valence-corrected chi connectivity index (χ4v) is 5.58. The third-order valence-electron chi connectivity index (χ3n) is 4.73. The Morgan fingerprint density at radius 1 is 1.14 bits per heavy atom. The van der Waals surface area contributed by atoms with Crippen LogP contribution in [0.1, 0.15) is 38.2 Å². The zero-order valence-corrected chi connectivity index (χ0v) is 20.1. The Balaban J connectivity index is 1.73. The second-order valence-electron chi connectivity index (χ2n) is 6.81. The van der Waals surface area contributed by atoms with Gasteiger partial charge in [0.25, 0.3) is 11.1 Å². The van der Waals surface area contributed by atoms with E-state index < -0.39 is 11.1 Å². The van der Waals surface area contributed by atoms with E-state index in [2.05, 4.69) is 31.9 Å². The highest BCUT2D eigenvalue weighted by atomic mass is 79.9. The predicted octanol–water partition coefficient (Wildman–Crippen LogP) is 5.05. The first-order valence-electron chi connectivity index (χ1n) is 9.55. The van der Waals surface area contributed by atoms with Gasteiger partial charge in [0.1, 0.15) is 12.3 Å². The number of likely N-dealkylation sites (tertiary alicyclic amines) is 1. The topological polar surface area (TPSA) is 66.9 Å². The number of hydrogen-bond acceptors (Lipinski definition) is 5. The Morgan fingerprint density at radius 3 is 2.34 bits per heavy atom. The fraction of sp³-hybridized carbons (Fsp3) is 0.450. The first-order valence-corrected chi connectivity index (χ1v) is 12.0. The van der Waals surface area contributed by atoms with Crippen molar-refractivity contribution in [3.63, 3.8) is 0 Å². The highest BCUT2D eigenvalue weighted by molar-refractivity contribution is 9.11. The van der Waals surface area contributed by atoms with Gasteiger partial charge in [-0.1, -0.05) is 12.8 Å². The summed E-state index contributed by atoms with van der Waals surface area (Å²) in [5, 5.41) is -0.409. The molecule has 29 heavy (non-hydrogen) atoms. The van der Waals surface area contributed by atoms with Gasteiger partial charge in [0.2, 0.25) is 5.91 Å². The summed E-state index contributed by atoms with van der Waals surface area (Å²) in [6.45, 7) is 3.62. The maximum absolute atomic E-state index is 12.7. The van der Waals surface area contributed by atoms with E-state index in [1.807, 2.05) is 19.1 Å². The van der Waals surface area contributed by atoms with E-state index in [9.17, 15) is 14.4 Å². The quantitative estimate of drug-likeness (QED) is 0.484. The number of amides is 3. The summed E-state index contributed by atoms with van der Waals surface area (Å²) in [7, 11) is 0. The summed E-state index contributed by atoms with van der Waals surface area (Å²) in [6.07, 6.45) is 5.82. The number of carbonyl (C=O) groups excluding carboxylic acids is 3. The summed E-state index contributed by atoms with van der Waals surface area (Å²) in [5.74, 6) is 0.0899. The molecule has 2 fully saturated rings. The third-order valence-corrected chi connectivity index (χ3v) is 6.82. The highest BCUT2D eigenvalue weighted by Gasteiger charge is 2.37. The number of halogens is 2. The molecule has 0 atom stereocenters. The molecule has 3 rings (SSSR count). The number of thioether (sulfide) groups is 1. The summed E-state index contributed by atoms with van der Waals surface area (Å²) < 4.78 is 7.06. The minimum atomic E-state index is -0.427. The van der Waals surface area contributed by atoms with Crippen molar-refractivity contribution in [2.45, 2.75) is 32.6 Å². The molecule has 9 heteroatoms. The lowest BCUT2D eigenvalue weighted by Crippen LogP contribution is -2.42. The predicted molar refractivity (Wildman–Crippen MR) is 121 cm³/mol. The molecule has 2 heterocycles. The van der Waals surface area contributed by atoms with Crippen LogP contribution in [0, 0.1) is 0 Å². The lowest BCUT2D eigenvalue weighted by Gasteiger charge is -2.22. The fourth-order valence-electron chi connectivity index (χ4n) is 3.29. The molecule has 156 valence electrons. The van der Waals surface area contributed by atoms with Crippen LogP contribution in [0.3, 0.4) is 0 Å². The summed E-state index contributed by atoms with van der Waals surface area (Å²) in [6, 6.07) is 3.65. The van der Waals surface area contributed by atoms with Gasteiger partial charge in [0.05, 0.1) is 20.5 Å². The molecule has 1 aromatic carbocycles. The van der Waals surface area contributed by atoms with E-state index in [0.29, 0.717) is 30.4 Å². The Labute approximate surface area is 191 Å². The number of hydrogen-bond donors (Lipinski definition) is 0. The van der Waals surface area contributed by atoms with Crippen LogP contribution in [0.15, 0.2) is 26.0 Å².